The van der Waals surface area contributed by atoms with Gasteiger partial charge in [0.2, 0.25) is 21.8 Å². The minimum absolute atomic E-state index is 0.0355. The molecule has 0 aliphatic rings. The number of rotatable bonds is 15. The quantitative estimate of drug-likeness (QED) is 0.246. The van der Waals surface area contributed by atoms with E-state index in [0.717, 1.165) is 17.4 Å². The third kappa shape index (κ3) is 9.77. The van der Waals surface area contributed by atoms with Crippen LogP contribution in [0.2, 0.25) is 5.02 Å². The molecule has 0 aromatic heterocycles. The van der Waals surface area contributed by atoms with Gasteiger partial charge in [-0.3, -0.25) is 13.9 Å². The highest BCUT2D eigenvalue weighted by Crippen LogP contribution is 2.24. The predicted molar refractivity (Wildman–Crippen MR) is 168 cm³/mol. The van der Waals surface area contributed by atoms with E-state index in [1.807, 2.05) is 69.3 Å². The maximum absolute atomic E-state index is 13.9. The first kappa shape index (κ1) is 32.9. The average Bonchev–Trinajstić information content (AvgIpc) is 2.94. The van der Waals surface area contributed by atoms with E-state index in [1.165, 1.54) is 4.31 Å². The minimum atomic E-state index is -3.61. The number of hydrogen-bond acceptors (Lipinski definition) is 5. The molecule has 0 fully saturated rings. The van der Waals surface area contributed by atoms with Crippen LogP contribution in [0.15, 0.2) is 78.9 Å². The molecule has 3 aromatic carbocycles. The number of carbonyl (C=O) groups excluding carboxylic acids is 2. The van der Waals surface area contributed by atoms with Crippen LogP contribution in [0.3, 0.4) is 0 Å². The Balaban J connectivity index is 1.87. The normalized spacial score (nSPS) is 12.0. The Hall–Kier alpha value is -3.56. The molecule has 0 aliphatic heterocycles. The summed E-state index contributed by atoms with van der Waals surface area (Å²) >= 11 is 6.48. The molecule has 1 atom stereocenters. The molecule has 2 amide bonds. The van der Waals surface area contributed by atoms with Gasteiger partial charge in [-0.15, -0.1) is 0 Å². The van der Waals surface area contributed by atoms with Gasteiger partial charge in [-0.2, -0.15) is 0 Å². The molecule has 0 saturated carbocycles. The highest BCUT2D eigenvalue weighted by Gasteiger charge is 2.31. The van der Waals surface area contributed by atoms with Crippen molar-refractivity contribution in [3.05, 3.63) is 95.0 Å². The zero-order valence-corrected chi connectivity index (χ0v) is 26.2. The molecule has 3 aromatic rings. The van der Waals surface area contributed by atoms with Crippen molar-refractivity contribution in [3.63, 3.8) is 0 Å². The van der Waals surface area contributed by atoms with E-state index in [4.69, 9.17) is 16.3 Å². The fourth-order valence-electron chi connectivity index (χ4n) is 4.62. The van der Waals surface area contributed by atoms with Gasteiger partial charge in [0.15, 0.2) is 0 Å². The molecule has 1 N–H and O–H groups in total. The van der Waals surface area contributed by atoms with Gasteiger partial charge >= 0.3 is 0 Å². The highest BCUT2D eigenvalue weighted by molar-refractivity contribution is 7.92. The SMILES string of the molecule is CCOc1ccc(N(CCCC(=O)N(Cc2ccccc2Cl)[C@@H](Cc2ccccc2)C(=O)NC(C)C)S(C)(=O)=O)cc1. The Morgan fingerprint density at radius 2 is 1.60 bits per heavy atom. The number of benzene rings is 3. The fourth-order valence-corrected chi connectivity index (χ4v) is 5.78. The number of nitrogens with zero attached hydrogens (tertiary/aromatic N) is 2. The first-order chi connectivity index (χ1) is 20.0. The summed E-state index contributed by atoms with van der Waals surface area (Å²) in [7, 11) is -3.61. The molecule has 0 bridgehead atoms. The summed E-state index contributed by atoms with van der Waals surface area (Å²) in [5, 5.41) is 3.46. The van der Waals surface area contributed by atoms with E-state index < -0.39 is 16.1 Å². The van der Waals surface area contributed by atoms with Gasteiger partial charge in [0.1, 0.15) is 11.8 Å². The molecular weight excluding hydrogens is 574 g/mol. The fraction of sp³-hybridized carbons (Fsp3) is 0.375. The van der Waals surface area contributed by atoms with Crippen LogP contribution in [0.1, 0.15) is 44.7 Å². The number of carbonyl (C=O) groups is 2. The number of ether oxygens (including phenoxy) is 1. The maximum Gasteiger partial charge on any atom is 0.243 e. The summed E-state index contributed by atoms with van der Waals surface area (Å²) in [6.45, 7) is 6.36. The van der Waals surface area contributed by atoms with Crippen LogP contribution < -0.4 is 14.4 Å². The first-order valence-electron chi connectivity index (χ1n) is 14.1. The Morgan fingerprint density at radius 3 is 2.19 bits per heavy atom. The molecule has 0 spiro atoms. The number of sulfonamides is 1. The van der Waals surface area contributed by atoms with Crippen molar-refractivity contribution < 1.29 is 22.7 Å². The molecule has 42 heavy (non-hydrogen) atoms. The molecular formula is C32H40ClN3O5S. The van der Waals surface area contributed by atoms with E-state index in [1.54, 1.807) is 35.2 Å². The van der Waals surface area contributed by atoms with Gasteiger partial charge in [-0.1, -0.05) is 60.1 Å². The summed E-state index contributed by atoms with van der Waals surface area (Å²) in [6, 6.07) is 22.7. The van der Waals surface area contributed by atoms with Crippen LogP contribution in [-0.2, 0) is 32.6 Å². The second-order valence-electron chi connectivity index (χ2n) is 10.3. The first-order valence-corrected chi connectivity index (χ1v) is 16.3. The molecule has 3 rings (SSSR count). The van der Waals surface area contributed by atoms with Crippen molar-refractivity contribution in [2.24, 2.45) is 0 Å². The summed E-state index contributed by atoms with van der Waals surface area (Å²) in [5.74, 6) is 0.112. The molecule has 8 nitrogen and oxygen atoms in total. The lowest BCUT2D eigenvalue weighted by Gasteiger charge is -2.32. The monoisotopic (exact) mass is 613 g/mol. The van der Waals surface area contributed by atoms with Gasteiger partial charge in [0, 0.05) is 37.0 Å². The van der Waals surface area contributed by atoms with Crippen molar-refractivity contribution in [2.45, 2.75) is 58.7 Å². The second kappa shape index (κ2) is 15.6. The van der Waals surface area contributed by atoms with Gasteiger partial charge in [0.05, 0.1) is 18.6 Å². The molecule has 10 heteroatoms. The topological polar surface area (TPSA) is 96.0 Å². The second-order valence-corrected chi connectivity index (χ2v) is 12.7. The molecule has 0 heterocycles. The number of anilines is 1. The van der Waals surface area contributed by atoms with E-state index in [2.05, 4.69) is 5.32 Å². The zero-order valence-electron chi connectivity index (χ0n) is 24.6. The van der Waals surface area contributed by atoms with Gasteiger partial charge < -0.3 is 15.0 Å². The zero-order chi connectivity index (χ0) is 30.7. The van der Waals surface area contributed by atoms with Crippen LogP contribution in [-0.4, -0.2) is 56.6 Å². The van der Waals surface area contributed by atoms with Crippen molar-refractivity contribution >= 4 is 39.1 Å². The molecule has 0 saturated heterocycles. The maximum atomic E-state index is 13.9. The van der Waals surface area contributed by atoms with Crippen molar-refractivity contribution in [1.82, 2.24) is 10.2 Å². The van der Waals surface area contributed by atoms with Crippen LogP contribution >= 0.6 is 11.6 Å². The lowest BCUT2D eigenvalue weighted by atomic mass is 10.0. The van der Waals surface area contributed by atoms with Crippen LogP contribution in [0, 0.1) is 0 Å². The third-order valence-corrected chi connectivity index (χ3v) is 8.15. The average molecular weight is 614 g/mol. The van der Waals surface area contributed by atoms with E-state index in [9.17, 15) is 18.0 Å². The van der Waals surface area contributed by atoms with Gasteiger partial charge in [-0.05, 0) is 68.7 Å². The lowest BCUT2D eigenvalue weighted by molar-refractivity contribution is -0.141. The summed E-state index contributed by atoms with van der Waals surface area (Å²) in [5.41, 5.74) is 2.12. The molecule has 0 unspecified atom stereocenters. The van der Waals surface area contributed by atoms with E-state index in [0.29, 0.717) is 29.5 Å². The van der Waals surface area contributed by atoms with Gasteiger partial charge in [-0.25, -0.2) is 8.42 Å². The summed E-state index contributed by atoms with van der Waals surface area (Å²) in [6.07, 6.45) is 1.74. The minimum Gasteiger partial charge on any atom is -0.494 e. The Kier molecular flexibility index (Phi) is 12.2. The number of halogens is 1. The largest absolute Gasteiger partial charge is 0.494 e. The Bertz CT molecular complexity index is 1420. The summed E-state index contributed by atoms with van der Waals surface area (Å²) < 4.78 is 32.1. The van der Waals surface area contributed by atoms with Crippen molar-refractivity contribution in [2.75, 3.05) is 23.7 Å². The summed E-state index contributed by atoms with van der Waals surface area (Å²) in [4.78, 5) is 29.0. The van der Waals surface area contributed by atoms with Crippen molar-refractivity contribution in [3.8, 4) is 5.75 Å². The van der Waals surface area contributed by atoms with Gasteiger partial charge in [0.25, 0.3) is 0 Å². The highest BCUT2D eigenvalue weighted by atomic mass is 35.5. The van der Waals surface area contributed by atoms with E-state index >= 15 is 0 Å². The predicted octanol–water partition coefficient (Wildman–Crippen LogP) is 5.45. The Labute approximate surface area is 254 Å². The number of nitrogens with one attached hydrogen (secondary N) is 1. The number of hydrogen-bond donors (Lipinski definition) is 1. The van der Waals surface area contributed by atoms with Crippen molar-refractivity contribution in [1.29, 1.82) is 0 Å². The molecule has 0 aliphatic carbocycles. The molecule has 226 valence electrons. The third-order valence-electron chi connectivity index (χ3n) is 6.59. The lowest BCUT2D eigenvalue weighted by Crippen LogP contribution is -2.51. The number of amides is 2. The van der Waals surface area contributed by atoms with Crippen LogP contribution in [0.25, 0.3) is 0 Å². The smallest absolute Gasteiger partial charge is 0.243 e. The molecule has 0 radical (unpaired) electrons. The van der Waals surface area contributed by atoms with E-state index in [-0.39, 0.29) is 43.8 Å². The Morgan fingerprint density at radius 1 is 0.952 bits per heavy atom. The standard InChI is InChI=1S/C32H40ClN3O5S/c1-5-41-28-19-17-27(18-20-28)36(42(4,39)40)21-11-16-31(37)35(23-26-14-9-10-15-29(26)33)30(32(38)34-24(2)3)22-25-12-7-6-8-13-25/h6-10,12-15,17-20,24,30H,5,11,16,21-23H2,1-4H3,(H,34,38)/t30-/m0/s1. The van der Waals surface area contributed by atoms with Crippen LogP contribution in [0.5, 0.6) is 5.75 Å². The van der Waals surface area contributed by atoms with Crippen LogP contribution in [0.4, 0.5) is 5.69 Å².